The van der Waals surface area contributed by atoms with E-state index in [2.05, 4.69) is 0 Å². The lowest BCUT2D eigenvalue weighted by Gasteiger charge is -2.11. The highest BCUT2D eigenvalue weighted by Gasteiger charge is 2.22. The molecule has 4 aromatic carbocycles. The fourth-order valence-electron chi connectivity index (χ4n) is 3.06. The van der Waals surface area contributed by atoms with Gasteiger partial charge in [-0.05, 0) is 45.8 Å². The predicted molar refractivity (Wildman–Crippen MR) is 110 cm³/mol. The summed E-state index contributed by atoms with van der Waals surface area (Å²) in [5.41, 5.74) is 0. The molecule has 0 saturated carbocycles. The zero-order chi connectivity index (χ0) is 20.2. The van der Waals surface area contributed by atoms with Crippen LogP contribution in [0.15, 0.2) is 84.9 Å². The van der Waals surface area contributed by atoms with Gasteiger partial charge in [0.2, 0.25) is 0 Å². The molecule has 0 aliphatic rings. The molecule has 0 unspecified atom stereocenters. The number of aliphatic hydroxyl groups is 1. The van der Waals surface area contributed by atoms with Gasteiger partial charge in [0.1, 0.15) is 11.5 Å². The molecule has 0 aromatic heterocycles. The Kier molecular flexibility index (Phi) is 5.22. The number of aliphatic hydroxyl groups excluding tert-OH is 1. The van der Waals surface area contributed by atoms with Gasteiger partial charge in [-0.2, -0.15) is 0 Å². The smallest absolute Gasteiger partial charge is 0.340 e. The maximum Gasteiger partial charge on any atom is 0.340 e. The van der Waals surface area contributed by atoms with Gasteiger partial charge in [-0.25, -0.2) is 4.79 Å². The Morgan fingerprint density at radius 2 is 1.17 bits per heavy atom. The van der Waals surface area contributed by atoms with Crippen LogP contribution < -0.4 is 9.47 Å². The molecule has 29 heavy (non-hydrogen) atoms. The molecular weight excluding hydrogens is 368 g/mol. The Hall–Kier alpha value is -3.70. The van der Waals surface area contributed by atoms with Gasteiger partial charge in [-0.1, -0.05) is 60.7 Å². The van der Waals surface area contributed by atoms with E-state index in [1.54, 1.807) is 24.3 Å². The lowest BCUT2D eigenvalue weighted by atomic mass is 10.1. The quantitative estimate of drug-likeness (QED) is 0.410. The number of benzene rings is 4. The monoisotopic (exact) mass is 386 g/mol. The highest BCUT2D eigenvalue weighted by atomic mass is 16.6. The van der Waals surface area contributed by atoms with Gasteiger partial charge in [0.05, 0.1) is 6.42 Å². The van der Waals surface area contributed by atoms with Crippen LogP contribution >= 0.6 is 0 Å². The van der Waals surface area contributed by atoms with E-state index in [0.717, 1.165) is 21.5 Å². The fraction of sp³-hybridized carbons (Fsp3) is 0.0833. The number of carbonyl (C=O) groups is 2. The molecular formula is C24H18O5. The summed E-state index contributed by atoms with van der Waals surface area (Å²) in [7, 11) is 0. The number of ether oxygens (including phenoxy) is 2. The molecule has 0 amide bonds. The number of carbonyl (C=O) groups excluding carboxylic acids is 2. The summed E-state index contributed by atoms with van der Waals surface area (Å²) < 4.78 is 10.4. The van der Waals surface area contributed by atoms with Crippen LogP contribution in [0.2, 0.25) is 0 Å². The van der Waals surface area contributed by atoms with Crippen molar-refractivity contribution in [2.45, 2.75) is 12.5 Å². The molecule has 0 fully saturated rings. The Bertz CT molecular complexity index is 1200. The third-order valence-electron chi connectivity index (χ3n) is 4.52. The van der Waals surface area contributed by atoms with Crippen LogP contribution in [0, 0.1) is 0 Å². The van der Waals surface area contributed by atoms with E-state index in [4.69, 9.17) is 9.47 Å². The largest absolute Gasteiger partial charge is 0.426 e. The molecule has 0 saturated heterocycles. The summed E-state index contributed by atoms with van der Waals surface area (Å²) in [5.74, 6) is -0.974. The Morgan fingerprint density at radius 1 is 0.690 bits per heavy atom. The minimum Gasteiger partial charge on any atom is -0.426 e. The molecule has 0 aliphatic carbocycles. The zero-order valence-corrected chi connectivity index (χ0v) is 15.4. The van der Waals surface area contributed by atoms with Crippen molar-refractivity contribution in [3.8, 4) is 11.5 Å². The van der Waals surface area contributed by atoms with E-state index in [9.17, 15) is 14.7 Å². The summed E-state index contributed by atoms with van der Waals surface area (Å²) in [6, 6.07) is 25.7. The van der Waals surface area contributed by atoms with E-state index in [1.165, 1.54) is 0 Å². The lowest BCUT2D eigenvalue weighted by Crippen LogP contribution is -2.29. The molecule has 0 spiro atoms. The van der Waals surface area contributed by atoms with Crippen molar-refractivity contribution < 1.29 is 24.2 Å². The minimum atomic E-state index is -1.62. The minimum absolute atomic E-state index is 0.302. The second-order valence-corrected chi connectivity index (χ2v) is 6.63. The van der Waals surface area contributed by atoms with Gasteiger partial charge in [-0.3, -0.25) is 4.79 Å². The SMILES string of the molecule is O=C(C[C@@H](O)C(=O)Oc1ccc2ccccc2c1)Oc1ccc2ccccc2c1. The molecule has 4 rings (SSSR count). The number of hydrogen-bond acceptors (Lipinski definition) is 5. The molecule has 144 valence electrons. The van der Waals surface area contributed by atoms with Crippen LogP contribution in [-0.4, -0.2) is 23.1 Å². The molecule has 0 radical (unpaired) electrons. The highest BCUT2D eigenvalue weighted by molar-refractivity contribution is 5.88. The van der Waals surface area contributed by atoms with E-state index in [-0.39, 0.29) is 0 Å². The van der Waals surface area contributed by atoms with Crippen molar-refractivity contribution in [3.05, 3.63) is 84.9 Å². The van der Waals surface area contributed by atoms with Crippen LogP contribution in [0.1, 0.15) is 6.42 Å². The summed E-state index contributed by atoms with van der Waals surface area (Å²) in [6.07, 6.45) is -2.12. The number of fused-ring (bicyclic) bond motifs is 2. The van der Waals surface area contributed by atoms with Crippen LogP contribution in [-0.2, 0) is 9.59 Å². The normalized spacial score (nSPS) is 11.9. The molecule has 4 aromatic rings. The Balaban J connectivity index is 1.37. The number of hydrogen-bond donors (Lipinski definition) is 1. The van der Waals surface area contributed by atoms with E-state index >= 15 is 0 Å². The summed E-state index contributed by atoms with van der Waals surface area (Å²) in [5, 5.41) is 13.9. The predicted octanol–water partition coefficient (Wildman–Crippen LogP) is 4.26. The number of esters is 2. The lowest BCUT2D eigenvalue weighted by molar-refractivity contribution is -0.149. The van der Waals surface area contributed by atoms with Gasteiger partial charge >= 0.3 is 11.9 Å². The van der Waals surface area contributed by atoms with Gasteiger partial charge in [-0.15, -0.1) is 0 Å². The second-order valence-electron chi connectivity index (χ2n) is 6.63. The average molecular weight is 386 g/mol. The first-order valence-electron chi connectivity index (χ1n) is 9.16. The molecule has 5 nitrogen and oxygen atoms in total. The first kappa shape index (κ1) is 18.7. The van der Waals surface area contributed by atoms with Crippen molar-refractivity contribution in [1.82, 2.24) is 0 Å². The third kappa shape index (κ3) is 4.42. The first-order chi connectivity index (χ1) is 14.1. The molecule has 1 atom stereocenters. The van der Waals surface area contributed by atoms with E-state index in [0.29, 0.717) is 11.5 Å². The van der Waals surface area contributed by atoms with E-state index in [1.807, 2.05) is 60.7 Å². The van der Waals surface area contributed by atoms with Crippen LogP contribution in [0.25, 0.3) is 21.5 Å². The summed E-state index contributed by atoms with van der Waals surface area (Å²) >= 11 is 0. The molecule has 0 aliphatic heterocycles. The maximum absolute atomic E-state index is 12.1. The number of rotatable bonds is 5. The Labute approximate surface area is 167 Å². The van der Waals surface area contributed by atoms with Crippen molar-refractivity contribution in [2.24, 2.45) is 0 Å². The van der Waals surface area contributed by atoms with Crippen LogP contribution in [0.5, 0.6) is 11.5 Å². The van der Waals surface area contributed by atoms with Gasteiger partial charge in [0.25, 0.3) is 0 Å². The molecule has 0 heterocycles. The van der Waals surface area contributed by atoms with Crippen LogP contribution in [0.4, 0.5) is 0 Å². The summed E-state index contributed by atoms with van der Waals surface area (Å²) in [4.78, 5) is 24.2. The average Bonchev–Trinajstić information content (AvgIpc) is 2.73. The van der Waals surface area contributed by atoms with E-state index < -0.39 is 24.5 Å². The topological polar surface area (TPSA) is 72.8 Å². The van der Waals surface area contributed by atoms with Gasteiger partial charge in [0, 0.05) is 0 Å². The zero-order valence-electron chi connectivity index (χ0n) is 15.4. The molecule has 0 bridgehead atoms. The van der Waals surface area contributed by atoms with Gasteiger partial charge in [0.15, 0.2) is 6.10 Å². The fourth-order valence-corrected chi connectivity index (χ4v) is 3.06. The highest BCUT2D eigenvalue weighted by Crippen LogP contribution is 2.22. The first-order valence-corrected chi connectivity index (χ1v) is 9.16. The standard InChI is InChI=1S/C24H18O5/c25-22(24(27)29-21-12-10-17-6-2-4-8-19(17)14-21)15-23(26)28-20-11-9-16-5-1-3-7-18(16)13-20/h1-14,22,25H,15H2/t22-/m1/s1. The van der Waals surface area contributed by atoms with Crippen molar-refractivity contribution in [1.29, 1.82) is 0 Å². The second kappa shape index (κ2) is 8.12. The van der Waals surface area contributed by atoms with Crippen molar-refractivity contribution in [3.63, 3.8) is 0 Å². The molecule has 5 heteroatoms. The summed E-state index contributed by atoms with van der Waals surface area (Å²) in [6.45, 7) is 0. The molecule has 1 N–H and O–H groups in total. The van der Waals surface area contributed by atoms with Crippen molar-refractivity contribution in [2.75, 3.05) is 0 Å². The maximum atomic E-state index is 12.1. The van der Waals surface area contributed by atoms with Crippen LogP contribution in [0.3, 0.4) is 0 Å². The van der Waals surface area contributed by atoms with Gasteiger partial charge < -0.3 is 14.6 Å². The van der Waals surface area contributed by atoms with Crippen molar-refractivity contribution >= 4 is 33.5 Å². The third-order valence-corrected chi connectivity index (χ3v) is 4.52. The Morgan fingerprint density at radius 3 is 1.72 bits per heavy atom.